The first-order valence-corrected chi connectivity index (χ1v) is 8.15. The van der Waals surface area contributed by atoms with Crippen LogP contribution >= 0.6 is 11.6 Å². The lowest BCUT2D eigenvalue weighted by atomic mass is 10.1. The predicted molar refractivity (Wildman–Crippen MR) is 96.3 cm³/mol. The van der Waals surface area contributed by atoms with Gasteiger partial charge < -0.3 is 10.6 Å². The fourth-order valence-corrected chi connectivity index (χ4v) is 2.40. The molecular weight excluding hydrogens is 324 g/mol. The lowest BCUT2D eigenvalue weighted by Crippen LogP contribution is -2.38. The van der Waals surface area contributed by atoms with Crippen molar-refractivity contribution >= 4 is 23.4 Å². The van der Waals surface area contributed by atoms with Crippen LogP contribution in [0.25, 0.3) is 0 Å². The van der Waals surface area contributed by atoms with Gasteiger partial charge in [-0.05, 0) is 61.7 Å². The second-order valence-corrected chi connectivity index (χ2v) is 6.26. The molecule has 1 atom stereocenters. The molecule has 0 aliphatic carbocycles. The molecule has 0 radical (unpaired) electrons. The van der Waals surface area contributed by atoms with Gasteiger partial charge in [0.15, 0.2) is 0 Å². The molecule has 2 N–H and O–H groups in total. The predicted octanol–water partition coefficient (Wildman–Crippen LogP) is 3.56. The Morgan fingerprint density at radius 1 is 1.04 bits per heavy atom. The van der Waals surface area contributed by atoms with Gasteiger partial charge in [0.1, 0.15) is 0 Å². The number of rotatable bonds is 5. The molecule has 0 fully saturated rings. The van der Waals surface area contributed by atoms with Gasteiger partial charge in [-0.15, -0.1) is 0 Å². The number of halogens is 1. The third-order valence-corrected chi connectivity index (χ3v) is 4.18. The highest BCUT2D eigenvalue weighted by molar-refractivity contribution is 6.30. The van der Waals surface area contributed by atoms with E-state index in [4.69, 9.17) is 11.6 Å². The monoisotopic (exact) mass is 344 g/mol. The van der Waals surface area contributed by atoms with Gasteiger partial charge in [0.05, 0.1) is 12.6 Å². The summed E-state index contributed by atoms with van der Waals surface area (Å²) >= 11 is 5.85. The van der Waals surface area contributed by atoms with Crippen molar-refractivity contribution in [2.45, 2.75) is 26.8 Å². The van der Waals surface area contributed by atoms with Crippen molar-refractivity contribution in [3.8, 4) is 0 Å². The Morgan fingerprint density at radius 3 is 2.33 bits per heavy atom. The molecule has 2 aromatic carbocycles. The SMILES string of the molecule is Cc1ccc(C(=O)NCC(=O)N[C@@H](C)c2ccc(Cl)cc2)cc1C. The Labute approximate surface area is 147 Å². The summed E-state index contributed by atoms with van der Waals surface area (Å²) in [6, 6.07) is 12.6. The minimum atomic E-state index is -0.257. The molecule has 0 saturated heterocycles. The van der Waals surface area contributed by atoms with Crippen LogP contribution in [0.2, 0.25) is 5.02 Å². The molecule has 0 bridgehead atoms. The summed E-state index contributed by atoms with van der Waals surface area (Å²) in [5, 5.41) is 6.14. The maximum absolute atomic E-state index is 12.1. The number of carbonyl (C=O) groups is 2. The first kappa shape index (κ1) is 18.0. The van der Waals surface area contributed by atoms with Gasteiger partial charge in [0, 0.05) is 10.6 Å². The number of aryl methyl sites for hydroxylation is 2. The molecule has 2 amide bonds. The van der Waals surface area contributed by atoms with Crippen LogP contribution in [0.3, 0.4) is 0 Å². The van der Waals surface area contributed by atoms with Crippen LogP contribution in [0.1, 0.15) is 40.0 Å². The highest BCUT2D eigenvalue weighted by Gasteiger charge is 2.12. The van der Waals surface area contributed by atoms with E-state index >= 15 is 0 Å². The van der Waals surface area contributed by atoms with Crippen LogP contribution in [0.4, 0.5) is 0 Å². The van der Waals surface area contributed by atoms with Gasteiger partial charge in [-0.1, -0.05) is 29.8 Å². The molecule has 0 aromatic heterocycles. The fourth-order valence-electron chi connectivity index (χ4n) is 2.27. The third-order valence-electron chi connectivity index (χ3n) is 3.93. The lowest BCUT2D eigenvalue weighted by molar-refractivity contribution is -0.120. The van der Waals surface area contributed by atoms with Gasteiger partial charge in [0.2, 0.25) is 5.91 Å². The summed E-state index contributed by atoms with van der Waals surface area (Å²) in [7, 11) is 0. The molecule has 2 rings (SSSR count). The zero-order valence-electron chi connectivity index (χ0n) is 14.0. The average Bonchev–Trinajstić information content (AvgIpc) is 2.55. The largest absolute Gasteiger partial charge is 0.348 e. The van der Waals surface area contributed by atoms with E-state index in [1.165, 1.54) is 0 Å². The first-order valence-electron chi connectivity index (χ1n) is 7.77. The van der Waals surface area contributed by atoms with Crippen LogP contribution in [0, 0.1) is 13.8 Å². The zero-order chi connectivity index (χ0) is 17.7. The topological polar surface area (TPSA) is 58.2 Å². The summed E-state index contributed by atoms with van der Waals surface area (Å²) in [5.74, 6) is -0.498. The Hall–Kier alpha value is -2.33. The van der Waals surface area contributed by atoms with Crippen LogP contribution < -0.4 is 10.6 Å². The van der Waals surface area contributed by atoms with E-state index in [1.807, 2.05) is 45.0 Å². The molecule has 2 aromatic rings. The van der Waals surface area contributed by atoms with Gasteiger partial charge in [-0.3, -0.25) is 9.59 Å². The van der Waals surface area contributed by atoms with Gasteiger partial charge in [0.25, 0.3) is 5.91 Å². The minimum Gasteiger partial charge on any atom is -0.348 e. The molecule has 5 heteroatoms. The quantitative estimate of drug-likeness (QED) is 0.871. The standard InChI is InChI=1S/C19H21ClN2O2/c1-12-4-5-16(10-13(12)2)19(24)21-11-18(23)22-14(3)15-6-8-17(20)9-7-15/h4-10,14H,11H2,1-3H3,(H,21,24)(H,22,23)/t14-/m0/s1. The molecule has 24 heavy (non-hydrogen) atoms. The van der Waals surface area contributed by atoms with Crippen molar-refractivity contribution in [3.63, 3.8) is 0 Å². The third kappa shape index (κ3) is 4.83. The summed E-state index contributed by atoms with van der Waals surface area (Å²) < 4.78 is 0. The van der Waals surface area contributed by atoms with Crippen molar-refractivity contribution < 1.29 is 9.59 Å². The summed E-state index contributed by atoms with van der Waals surface area (Å²) in [6.45, 7) is 5.76. The Kier molecular flexibility index (Phi) is 5.99. The van der Waals surface area contributed by atoms with E-state index in [2.05, 4.69) is 10.6 Å². The van der Waals surface area contributed by atoms with E-state index < -0.39 is 0 Å². The van der Waals surface area contributed by atoms with Crippen molar-refractivity contribution in [2.75, 3.05) is 6.54 Å². The van der Waals surface area contributed by atoms with Crippen molar-refractivity contribution in [1.29, 1.82) is 0 Å². The average molecular weight is 345 g/mol. The minimum absolute atomic E-state index is 0.0658. The van der Waals surface area contributed by atoms with Crippen molar-refractivity contribution in [1.82, 2.24) is 10.6 Å². The second kappa shape index (κ2) is 7.97. The summed E-state index contributed by atoms with van der Waals surface area (Å²) in [4.78, 5) is 24.1. The second-order valence-electron chi connectivity index (χ2n) is 5.82. The number of amides is 2. The molecule has 0 spiro atoms. The number of nitrogens with one attached hydrogen (secondary N) is 2. The molecule has 0 saturated carbocycles. The molecule has 0 heterocycles. The molecule has 0 aliphatic heterocycles. The molecular formula is C19H21ClN2O2. The van der Waals surface area contributed by atoms with E-state index in [1.54, 1.807) is 18.2 Å². The summed E-state index contributed by atoms with van der Waals surface area (Å²) in [5.41, 5.74) is 3.68. The smallest absolute Gasteiger partial charge is 0.251 e. The van der Waals surface area contributed by atoms with Crippen LogP contribution in [-0.2, 0) is 4.79 Å². The number of hydrogen-bond acceptors (Lipinski definition) is 2. The maximum Gasteiger partial charge on any atom is 0.251 e. The van der Waals surface area contributed by atoms with Crippen LogP contribution in [-0.4, -0.2) is 18.4 Å². The molecule has 0 aliphatic rings. The van der Waals surface area contributed by atoms with E-state index in [0.717, 1.165) is 16.7 Å². The Balaban J connectivity index is 1.87. The lowest BCUT2D eigenvalue weighted by Gasteiger charge is -2.15. The van der Waals surface area contributed by atoms with Crippen molar-refractivity contribution in [2.24, 2.45) is 0 Å². The summed E-state index contributed by atoms with van der Waals surface area (Å²) in [6.07, 6.45) is 0. The molecule has 4 nitrogen and oxygen atoms in total. The number of carbonyl (C=O) groups excluding carboxylic acids is 2. The van der Waals surface area contributed by atoms with Crippen LogP contribution in [0.15, 0.2) is 42.5 Å². The van der Waals surface area contributed by atoms with E-state index in [9.17, 15) is 9.59 Å². The number of hydrogen-bond donors (Lipinski definition) is 2. The molecule has 0 unspecified atom stereocenters. The van der Waals surface area contributed by atoms with Crippen molar-refractivity contribution in [3.05, 3.63) is 69.7 Å². The van der Waals surface area contributed by atoms with Gasteiger partial charge in [-0.2, -0.15) is 0 Å². The van der Waals surface area contributed by atoms with Gasteiger partial charge in [-0.25, -0.2) is 0 Å². The fraction of sp³-hybridized carbons (Fsp3) is 0.263. The maximum atomic E-state index is 12.1. The van der Waals surface area contributed by atoms with E-state index in [-0.39, 0.29) is 24.4 Å². The van der Waals surface area contributed by atoms with E-state index in [0.29, 0.717) is 10.6 Å². The first-order chi connectivity index (χ1) is 11.4. The normalized spacial score (nSPS) is 11.7. The molecule has 126 valence electrons. The number of benzene rings is 2. The van der Waals surface area contributed by atoms with Crippen LogP contribution in [0.5, 0.6) is 0 Å². The zero-order valence-corrected chi connectivity index (χ0v) is 14.8. The Morgan fingerprint density at radius 2 is 1.71 bits per heavy atom. The van der Waals surface area contributed by atoms with Gasteiger partial charge >= 0.3 is 0 Å². The Bertz CT molecular complexity index is 742. The highest BCUT2D eigenvalue weighted by Crippen LogP contribution is 2.15. The highest BCUT2D eigenvalue weighted by atomic mass is 35.5.